The lowest BCUT2D eigenvalue weighted by atomic mass is 10.2. The molecule has 3 heterocycles. The molecule has 2 aromatic heterocycles. The molecule has 1 aliphatic heterocycles. The van der Waals surface area contributed by atoms with Gasteiger partial charge in [0.1, 0.15) is 11.5 Å². The van der Waals surface area contributed by atoms with Crippen molar-refractivity contribution in [2.45, 2.75) is 6.92 Å². The first kappa shape index (κ1) is 21.3. The number of H-pyrrole nitrogens is 1. The van der Waals surface area contributed by atoms with E-state index in [-0.39, 0.29) is 17.3 Å². The van der Waals surface area contributed by atoms with Gasteiger partial charge in [0.2, 0.25) is 0 Å². The molecule has 0 spiro atoms. The number of benzene rings is 1. The SMILES string of the molecule is C=C/C=C(\C(=C/C)NC(=O)c1cccc(-n2c(=O)[nH]c3ccccc32)n1)N1CCNCC1. The lowest BCUT2D eigenvalue weighted by molar-refractivity contribution is 0.0959. The zero-order valence-corrected chi connectivity index (χ0v) is 18.0. The van der Waals surface area contributed by atoms with Crippen molar-refractivity contribution in [3.05, 3.63) is 94.8 Å². The number of carbonyl (C=O) groups excluding carboxylic acids is 1. The molecule has 1 aliphatic rings. The molecule has 1 amide bonds. The van der Waals surface area contributed by atoms with Crippen LogP contribution in [0.3, 0.4) is 0 Å². The van der Waals surface area contributed by atoms with Gasteiger partial charge in [-0.2, -0.15) is 0 Å². The Morgan fingerprint density at radius 3 is 2.69 bits per heavy atom. The second-order valence-electron chi connectivity index (χ2n) is 7.34. The minimum absolute atomic E-state index is 0.220. The number of pyridine rings is 1. The van der Waals surface area contributed by atoms with Gasteiger partial charge in [0.05, 0.1) is 22.4 Å². The van der Waals surface area contributed by atoms with Crippen LogP contribution in [0.5, 0.6) is 0 Å². The Kier molecular flexibility index (Phi) is 6.32. The zero-order valence-electron chi connectivity index (χ0n) is 18.0. The number of amides is 1. The van der Waals surface area contributed by atoms with Crippen molar-refractivity contribution in [3.63, 3.8) is 0 Å². The lowest BCUT2D eigenvalue weighted by Crippen LogP contribution is -2.44. The van der Waals surface area contributed by atoms with Gasteiger partial charge in [-0.3, -0.25) is 4.79 Å². The standard InChI is InChI=1S/C24H26N6O2/c1-3-8-20(29-15-13-25-14-16-29)17(4-2)27-23(31)19-10-7-12-22(26-19)30-21-11-6-5-9-18(21)28-24(30)32/h3-12,25H,1,13-16H2,2H3,(H,27,31)(H,28,32)/b17-4+,20-8+. The Balaban J connectivity index is 1.62. The number of hydrogen-bond acceptors (Lipinski definition) is 5. The minimum atomic E-state index is -0.349. The summed E-state index contributed by atoms with van der Waals surface area (Å²) in [6, 6.07) is 12.4. The fourth-order valence-corrected chi connectivity index (χ4v) is 3.81. The van der Waals surface area contributed by atoms with Crippen LogP contribution in [0, 0.1) is 0 Å². The van der Waals surface area contributed by atoms with E-state index in [1.54, 1.807) is 24.3 Å². The van der Waals surface area contributed by atoms with E-state index in [2.05, 4.69) is 32.1 Å². The Morgan fingerprint density at radius 1 is 1.16 bits per heavy atom. The van der Waals surface area contributed by atoms with Crippen molar-refractivity contribution < 1.29 is 4.79 Å². The summed E-state index contributed by atoms with van der Waals surface area (Å²) in [5.74, 6) is 0.0315. The molecule has 0 saturated carbocycles. The summed E-state index contributed by atoms with van der Waals surface area (Å²) in [6.07, 6.45) is 5.48. The Labute approximate surface area is 186 Å². The maximum Gasteiger partial charge on any atom is 0.332 e. The third kappa shape index (κ3) is 4.26. The predicted molar refractivity (Wildman–Crippen MR) is 126 cm³/mol. The van der Waals surface area contributed by atoms with Gasteiger partial charge >= 0.3 is 5.69 Å². The van der Waals surface area contributed by atoms with Crippen LogP contribution in [0.2, 0.25) is 0 Å². The normalized spacial score (nSPS) is 15.1. The second kappa shape index (κ2) is 9.49. The molecule has 0 unspecified atom stereocenters. The maximum absolute atomic E-state index is 13.1. The lowest BCUT2D eigenvalue weighted by Gasteiger charge is -2.32. The van der Waals surface area contributed by atoms with E-state index < -0.39 is 0 Å². The molecule has 8 nitrogen and oxygen atoms in total. The molecular weight excluding hydrogens is 404 g/mol. The minimum Gasteiger partial charge on any atom is -0.367 e. The van der Waals surface area contributed by atoms with E-state index >= 15 is 0 Å². The molecule has 1 aromatic carbocycles. The average Bonchev–Trinajstić information content (AvgIpc) is 3.17. The molecule has 1 saturated heterocycles. The summed E-state index contributed by atoms with van der Waals surface area (Å²) in [5, 5.41) is 6.31. The average molecular weight is 431 g/mol. The first-order chi connectivity index (χ1) is 15.6. The van der Waals surface area contributed by atoms with Crippen molar-refractivity contribution in [1.82, 2.24) is 30.1 Å². The monoisotopic (exact) mass is 430 g/mol. The number of aromatic nitrogens is 3. The number of fused-ring (bicyclic) bond motifs is 1. The highest BCUT2D eigenvalue weighted by Gasteiger charge is 2.19. The number of nitrogens with zero attached hydrogens (tertiary/aromatic N) is 3. The number of aromatic amines is 1. The van der Waals surface area contributed by atoms with Crippen LogP contribution in [0.4, 0.5) is 0 Å². The van der Waals surface area contributed by atoms with E-state index in [0.717, 1.165) is 31.9 Å². The van der Waals surface area contributed by atoms with Gasteiger partial charge in [-0.25, -0.2) is 14.3 Å². The molecule has 0 bridgehead atoms. The number of rotatable bonds is 6. The Hall–Kier alpha value is -3.91. The summed E-state index contributed by atoms with van der Waals surface area (Å²) < 4.78 is 1.46. The number of hydrogen-bond donors (Lipinski definition) is 3. The quantitative estimate of drug-likeness (QED) is 0.522. The summed E-state index contributed by atoms with van der Waals surface area (Å²) >= 11 is 0. The first-order valence-electron chi connectivity index (χ1n) is 10.6. The van der Waals surface area contributed by atoms with Crippen LogP contribution in [-0.2, 0) is 0 Å². The topological polar surface area (TPSA) is 95.0 Å². The Morgan fingerprint density at radius 2 is 1.94 bits per heavy atom. The third-order valence-electron chi connectivity index (χ3n) is 5.33. The van der Waals surface area contributed by atoms with Crippen molar-refractivity contribution in [3.8, 4) is 5.82 Å². The molecule has 32 heavy (non-hydrogen) atoms. The van der Waals surface area contributed by atoms with Gasteiger partial charge < -0.3 is 20.5 Å². The molecule has 0 atom stereocenters. The number of piperazine rings is 1. The number of nitrogens with one attached hydrogen (secondary N) is 3. The van der Waals surface area contributed by atoms with Gasteiger partial charge in [0.15, 0.2) is 0 Å². The maximum atomic E-state index is 13.1. The van der Waals surface area contributed by atoms with E-state index in [1.807, 2.05) is 43.3 Å². The molecular formula is C24H26N6O2. The molecule has 0 radical (unpaired) electrons. The van der Waals surface area contributed by atoms with Crippen molar-refractivity contribution in [2.24, 2.45) is 0 Å². The van der Waals surface area contributed by atoms with E-state index in [9.17, 15) is 9.59 Å². The highest BCUT2D eigenvalue weighted by Crippen LogP contribution is 2.17. The third-order valence-corrected chi connectivity index (χ3v) is 5.33. The summed E-state index contributed by atoms with van der Waals surface area (Å²) in [5.41, 5.74) is 2.92. The largest absolute Gasteiger partial charge is 0.367 e. The molecule has 3 aromatic rings. The fourth-order valence-electron chi connectivity index (χ4n) is 3.81. The summed E-state index contributed by atoms with van der Waals surface area (Å²) in [6.45, 7) is 9.12. The zero-order chi connectivity index (χ0) is 22.5. The number of allylic oxidation sites excluding steroid dienone is 3. The van der Waals surface area contributed by atoms with Gasteiger partial charge in [-0.1, -0.05) is 36.9 Å². The van der Waals surface area contributed by atoms with Crippen LogP contribution in [0.1, 0.15) is 17.4 Å². The molecule has 3 N–H and O–H groups in total. The second-order valence-corrected chi connectivity index (χ2v) is 7.34. The van der Waals surface area contributed by atoms with Crippen LogP contribution in [0.15, 0.2) is 83.5 Å². The van der Waals surface area contributed by atoms with Gasteiger partial charge in [-0.05, 0) is 37.3 Å². The van der Waals surface area contributed by atoms with Gasteiger partial charge in [0.25, 0.3) is 5.91 Å². The molecule has 164 valence electrons. The smallest absolute Gasteiger partial charge is 0.332 e. The van der Waals surface area contributed by atoms with Crippen LogP contribution in [0.25, 0.3) is 16.9 Å². The molecule has 1 fully saturated rings. The van der Waals surface area contributed by atoms with Crippen molar-refractivity contribution in [1.29, 1.82) is 0 Å². The van der Waals surface area contributed by atoms with E-state index in [1.165, 1.54) is 4.57 Å². The highest BCUT2D eigenvalue weighted by atomic mass is 16.2. The number of imidazole rings is 1. The summed E-state index contributed by atoms with van der Waals surface area (Å²) in [7, 11) is 0. The number of carbonyl (C=O) groups is 1. The van der Waals surface area contributed by atoms with Crippen LogP contribution in [-0.4, -0.2) is 51.5 Å². The van der Waals surface area contributed by atoms with Gasteiger partial charge in [0, 0.05) is 26.2 Å². The van der Waals surface area contributed by atoms with Gasteiger partial charge in [-0.15, -0.1) is 0 Å². The van der Waals surface area contributed by atoms with Crippen molar-refractivity contribution in [2.75, 3.05) is 26.2 Å². The first-order valence-corrected chi connectivity index (χ1v) is 10.6. The van der Waals surface area contributed by atoms with Crippen LogP contribution < -0.4 is 16.3 Å². The molecule has 8 heteroatoms. The summed E-state index contributed by atoms with van der Waals surface area (Å²) in [4.78, 5) is 35.1. The highest BCUT2D eigenvalue weighted by molar-refractivity contribution is 5.94. The molecule has 4 rings (SSSR count). The van der Waals surface area contributed by atoms with E-state index in [4.69, 9.17) is 0 Å². The Bertz CT molecular complexity index is 1260. The van der Waals surface area contributed by atoms with E-state index in [0.29, 0.717) is 22.5 Å². The number of para-hydroxylation sites is 2. The van der Waals surface area contributed by atoms with Crippen molar-refractivity contribution >= 4 is 16.9 Å². The predicted octanol–water partition coefficient (Wildman–Crippen LogP) is 2.32. The van der Waals surface area contributed by atoms with Crippen LogP contribution >= 0.6 is 0 Å². The fraction of sp³-hybridized carbons (Fsp3) is 0.208. The molecule has 0 aliphatic carbocycles.